The summed E-state index contributed by atoms with van der Waals surface area (Å²) < 4.78 is 6.12. The third-order valence-electron chi connectivity index (χ3n) is 10.0. The van der Waals surface area contributed by atoms with Gasteiger partial charge in [-0.15, -0.1) is 0 Å². The Morgan fingerprint density at radius 1 is 0.245 bits per heavy atom. The molecule has 0 saturated carbocycles. The fourth-order valence-corrected chi connectivity index (χ4v) is 7.71. The van der Waals surface area contributed by atoms with Gasteiger partial charge >= 0.3 is 0 Å². The zero-order valence-electron chi connectivity index (χ0n) is 26.7. The summed E-state index contributed by atoms with van der Waals surface area (Å²) >= 11 is 0. The van der Waals surface area contributed by atoms with Gasteiger partial charge in [0.15, 0.2) is 0 Å². The van der Waals surface area contributed by atoms with E-state index in [9.17, 15) is 0 Å². The zero-order chi connectivity index (χ0) is 32.3. The standard InChI is InChI=1S/C48H30O/c1-2-12-32(13-3-1)47-40-18-6-7-19-41(40)48(38-22-21-31-11-4-5-14-33(31)28-38)42-25-23-36(30-44(42)47)34-15-10-16-35(27-34)37-24-26-46-43(29-37)39-17-8-9-20-45(39)49-46/h1-30H. The van der Waals surface area contributed by atoms with E-state index in [1.807, 2.05) is 12.1 Å². The van der Waals surface area contributed by atoms with Gasteiger partial charge in [0.25, 0.3) is 0 Å². The molecule has 0 aliphatic carbocycles. The lowest BCUT2D eigenvalue weighted by atomic mass is 9.84. The predicted molar refractivity (Wildman–Crippen MR) is 208 cm³/mol. The maximum Gasteiger partial charge on any atom is 0.135 e. The van der Waals surface area contributed by atoms with Crippen LogP contribution in [-0.2, 0) is 0 Å². The van der Waals surface area contributed by atoms with E-state index in [0.29, 0.717) is 0 Å². The minimum atomic E-state index is 0.915. The van der Waals surface area contributed by atoms with Crippen LogP contribution in [0.2, 0.25) is 0 Å². The fraction of sp³-hybridized carbons (Fsp3) is 0. The lowest BCUT2D eigenvalue weighted by Gasteiger charge is -2.19. The molecule has 0 atom stereocenters. The molecule has 228 valence electrons. The Morgan fingerprint density at radius 2 is 0.776 bits per heavy atom. The van der Waals surface area contributed by atoms with Crippen LogP contribution >= 0.6 is 0 Å². The average Bonchev–Trinajstić information content (AvgIpc) is 3.55. The Labute approximate surface area is 284 Å². The molecule has 49 heavy (non-hydrogen) atoms. The summed E-state index contributed by atoms with van der Waals surface area (Å²) in [6.45, 7) is 0. The lowest BCUT2D eigenvalue weighted by Crippen LogP contribution is -1.92. The Kier molecular flexibility index (Phi) is 6.25. The second-order valence-corrected chi connectivity index (χ2v) is 12.9. The SMILES string of the molecule is c1ccc(-c2c3ccccc3c(-c3ccc4ccccc4c3)c3ccc(-c4cccc(-c5ccc6oc7ccccc7c6c5)c4)cc23)cc1. The number of furan rings is 1. The van der Waals surface area contributed by atoms with Gasteiger partial charge in [0.2, 0.25) is 0 Å². The largest absolute Gasteiger partial charge is 0.456 e. The third kappa shape index (κ3) is 4.55. The number of hydrogen-bond donors (Lipinski definition) is 0. The highest BCUT2D eigenvalue weighted by molar-refractivity contribution is 6.22. The Balaban J connectivity index is 1.20. The molecule has 0 bridgehead atoms. The van der Waals surface area contributed by atoms with E-state index < -0.39 is 0 Å². The van der Waals surface area contributed by atoms with Crippen LogP contribution in [-0.4, -0.2) is 0 Å². The number of para-hydroxylation sites is 1. The molecule has 0 radical (unpaired) electrons. The summed E-state index contributed by atoms with van der Waals surface area (Å²) in [6, 6.07) is 66.0. The van der Waals surface area contributed by atoms with E-state index in [1.165, 1.54) is 76.8 Å². The molecule has 1 aromatic heterocycles. The normalized spacial score (nSPS) is 11.7. The van der Waals surface area contributed by atoms with E-state index in [4.69, 9.17) is 4.42 Å². The van der Waals surface area contributed by atoms with E-state index in [2.05, 4.69) is 170 Å². The van der Waals surface area contributed by atoms with Crippen LogP contribution < -0.4 is 0 Å². The monoisotopic (exact) mass is 622 g/mol. The lowest BCUT2D eigenvalue weighted by molar-refractivity contribution is 0.669. The molecule has 0 aliphatic heterocycles. The number of benzene rings is 9. The summed E-state index contributed by atoms with van der Waals surface area (Å²) in [7, 11) is 0. The van der Waals surface area contributed by atoms with Gasteiger partial charge in [-0.25, -0.2) is 0 Å². The van der Waals surface area contributed by atoms with Crippen molar-refractivity contribution in [3.8, 4) is 44.5 Å². The van der Waals surface area contributed by atoms with Crippen LogP contribution in [0.3, 0.4) is 0 Å². The van der Waals surface area contributed by atoms with Crippen LogP contribution in [0.1, 0.15) is 0 Å². The molecule has 0 saturated heterocycles. The van der Waals surface area contributed by atoms with Crippen LogP contribution in [0.15, 0.2) is 186 Å². The van der Waals surface area contributed by atoms with Crippen molar-refractivity contribution in [1.82, 2.24) is 0 Å². The second kappa shape index (κ2) is 11.1. The van der Waals surface area contributed by atoms with E-state index in [0.717, 1.165) is 21.9 Å². The molecule has 10 rings (SSSR count). The smallest absolute Gasteiger partial charge is 0.135 e. The first-order valence-corrected chi connectivity index (χ1v) is 16.8. The van der Waals surface area contributed by atoms with Crippen molar-refractivity contribution in [2.45, 2.75) is 0 Å². The molecule has 1 heteroatoms. The van der Waals surface area contributed by atoms with Crippen molar-refractivity contribution < 1.29 is 4.42 Å². The van der Waals surface area contributed by atoms with E-state index in [1.54, 1.807) is 0 Å². The third-order valence-corrected chi connectivity index (χ3v) is 10.0. The summed E-state index contributed by atoms with van der Waals surface area (Å²) in [5.41, 5.74) is 11.6. The zero-order valence-corrected chi connectivity index (χ0v) is 26.7. The van der Waals surface area contributed by atoms with Crippen LogP contribution in [0.5, 0.6) is 0 Å². The van der Waals surface area contributed by atoms with Gasteiger partial charge in [0.1, 0.15) is 11.2 Å². The van der Waals surface area contributed by atoms with Gasteiger partial charge in [-0.3, -0.25) is 0 Å². The Hall–Kier alpha value is -6.44. The fourth-order valence-electron chi connectivity index (χ4n) is 7.71. The van der Waals surface area contributed by atoms with Gasteiger partial charge in [-0.2, -0.15) is 0 Å². The van der Waals surface area contributed by atoms with Crippen molar-refractivity contribution in [1.29, 1.82) is 0 Å². The first-order valence-electron chi connectivity index (χ1n) is 16.8. The molecule has 0 spiro atoms. The molecule has 0 unspecified atom stereocenters. The van der Waals surface area contributed by atoms with E-state index in [-0.39, 0.29) is 0 Å². The first kappa shape index (κ1) is 27.7. The molecular formula is C48H30O. The molecule has 0 N–H and O–H groups in total. The van der Waals surface area contributed by atoms with Crippen molar-refractivity contribution in [2.75, 3.05) is 0 Å². The minimum Gasteiger partial charge on any atom is -0.456 e. The number of hydrogen-bond acceptors (Lipinski definition) is 1. The molecular weight excluding hydrogens is 593 g/mol. The maximum absolute atomic E-state index is 6.12. The molecule has 0 amide bonds. The Morgan fingerprint density at radius 3 is 1.57 bits per heavy atom. The van der Waals surface area contributed by atoms with Gasteiger partial charge < -0.3 is 4.42 Å². The molecule has 0 aliphatic rings. The summed E-state index contributed by atoms with van der Waals surface area (Å²) in [5, 5.41) is 9.82. The van der Waals surface area contributed by atoms with Crippen molar-refractivity contribution in [2.24, 2.45) is 0 Å². The summed E-state index contributed by atoms with van der Waals surface area (Å²) in [5.74, 6) is 0. The molecule has 0 fully saturated rings. The molecule has 1 nitrogen and oxygen atoms in total. The van der Waals surface area contributed by atoms with Gasteiger partial charge in [0.05, 0.1) is 0 Å². The maximum atomic E-state index is 6.12. The van der Waals surface area contributed by atoms with Crippen LogP contribution in [0.4, 0.5) is 0 Å². The highest BCUT2D eigenvalue weighted by Gasteiger charge is 2.18. The number of rotatable bonds is 4. The quantitative estimate of drug-likeness (QED) is 0.178. The van der Waals surface area contributed by atoms with Gasteiger partial charge in [0, 0.05) is 10.8 Å². The average molecular weight is 623 g/mol. The Bertz CT molecular complexity index is 2870. The van der Waals surface area contributed by atoms with Crippen LogP contribution in [0.25, 0.3) is 98.8 Å². The molecule has 9 aromatic carbocycles. The van der Waals surface area contributed by atoms with Crippen molar-refractivity contribution >= 4 is 54.3 Å². The molecule has 1 heterocycles. The van der Waals surface area contributed by atoms with Gasteiger partial charge in [-0.05, 0) is 113 Å². The topological polar surface area (TPSA) is 13.1 Å². The second-order valence-electron chi connectivity index (χ2n) is 12.9. The highest BCUT2D eigenvalue weighted by atomic mass is 16.3. The summed E-state index contributed by atoms with van der Waals surface area (Å²) in [6.07, 6.45) is 0. The van der Waals surface area contributed by atoms with Gasteiger partial charge in [-0.1, -0.05) is 146 Å². The summed E-state index contributed by atoms with van der Waals surface area (Å²) in [4.78, 5) is 0. The van der Waals surface area contributed by atoms with Crippen LogP contribution in [0, 0.1) is 0 Å². The van der Waals surface area contributed by atoms with E-state index >= 15 is 0 Å². The minimum absolute atomic E-state index is 0.915. The van der Waals surface area contributed by atoms with Crippen molar-refractivity contribution in [3.05, 3.63) is 182 Å². The van der Waals surface area contributed by atoms with Crippen molar-refractivity contribution in [3.63, 3.8) is 0 Å². The molecule has 10 aromatic rings. The number of fused-ring (bicyclic) bond motifs is 6. The predicted octanol–water partition coefficient (Wildman–Crippen LogP) is 13.7. The first-order chi connectivity index (χ1) is 24.3. The highest BCUT2D eigenvalue weighted by Crippen LogP contribution is 2.45.